The van der Waals surface area contributed by atoms with Crippen LogP contribution in [0.5, 0.6) is 0 Å². The summed E-state index contributed by atoms with van der Waals surface area (Å²) in [5, 5.41) is 9.43. The van der Waals surface area contributed by atoms with E-state index in [2.05, 4.69) is 0 Å². The van der Waals surface area contributed by atoms with E-state index in [1.54, 1.807) is 6.92 Å². The van der Waals surface area contributed by atoms with Gasteiger partial charge in [-0.2, -0.15) is 0 Å². The van der Waals surface area contributed by atoms with Gasteiger partial charge in [0.05, 0.1) is 6.61 Å². The highest BCUT2D eigenvalue weighted by Gasteiger charge is 2.38. The first kappa shape index (κ1) is 12.5. The van der Waals surface area contributed by atoms with E-state index in [-0.39, 0.29) is 12.2 Å². The second kappa shape index (κ2) is 5.53. The fourth-order valence-corrected chi connectivity index (χ4v) is 1.54. The molecule has 0 aromatic rings. The minimum atomic E-state index is -0.843. The van der Waals surface area contributed by atoms with Gasteiger partial charge in [0.1, 0.15) is 11.7 Å². The zero-order valence-corrected chi connectivity index (χ0v) is 9.49. The zero-order valence-electron chi connectivity index (χ0n) is 9.49. The van der Waals surface area contributed by atoms with E-state index in [1.165, 1.54) is 0 Å². The fourth-order valence-electron chi connectivity index (χ4n) is 1.54. The average molecular weight is 228 g/mol. The number of cyclic esters (lactones) is 1. The number of hydrogen-bond acceptors (Lipinski definition) is 5. The van der Waals surface area contributed by atoms with Gasteiger partial charge < -0.3 is 14.6 Å². The van der Waals surface area contributed by atoms with Crippen LogP contribution in [0.25, 0.3) is 0 Å². The van der Waals surface area contributed by atoms with E-state index in [0.717, 1.165) is 12.8 Å². The minimum absolute atomic E-state index is 0.0414. The predicted octanol–water partition coefficient (Wildman–Crippen LogP) is 1.48. The van der Waals surface area contributed by atoms with Crippen molar-refractivity contribution < 1.29 is 24.2 Å². The van der Waals surface area contributed by atoms with Crippen LogP contribution < -0.4 is 0 Å². The Bertz CT molecular complexity index is 318. The molecule has 1 atom stereocenters. The van der Waals surface area contributed by atoms with Crippen LogP contribution in [0.15, 0.2) is 11.3 Å². The number of aliphatic hydroxyl groups excluding tert-OH is 1. The summed E-state index contributed by atoms with van der Waals surface area (Å²) >= 11 is 0. The third kappa shape index (κ3) is 2.53. The van der Waals surface area contributed by atoms with E-state index in [1.807, 2.05) is 6.92 Å². The van der Waals surface area contributed by atoms with Crippen molar-refractivity contribution in [2.75, 3.05) is 6.61 Å². The molecule has 1 heterocycles. The van der Waals surface area contributed by atoms with Gasteiger partial charge in [0.2, 0.25) is 5.76 Å². The lowest BCUT2D eigenvalue weighted by molar-refractivity contribution is -0.143. The molecule has 0 saturated heterocycles. The zero-order chi connectivity index (χ0) is 12.1. The Morgan fingerprint density at radius 2 is 2.19 bits per heavy atom. The first-order valence-electron chi connectivity index (χ1n) is 5.43. The first-order valence-corrected chi connectivity index (χ1v) is 5.43. The molecule has 1 rings (SSSR count). The van der Waals surface area contributed by atoms with Gasteiger partial charge in [-0.1, -0.05) is 13.3 Å². The standard InChI is InChI=1S/C11H16O5/c1-3-5-6-7-8(10(13)15-4-2)9(12)11(14)16-7/h7,12H,3-6H2,1-2H3/t7-/m1/s1. The molecule has 0 radical (unpaired) electrons. The molecule has 0 saturated carbocycles. The maximum absolute atomic E-state index is 11.5. The summed E-state index contributed by atoms with van der Waals surface area (Å²) in [5.41, 5.74) is -0.0414. The van der Waals surface area contributed by atoms with Gasteiger partial charge in [-0.15, -0.1) is 0 Å². The van der Waals surface area contributed by atoms with Crippen molar-refractivity contribution in [3.8, 4) is 0 Å². The maximum Gasteiger partial charge on any atom is 0.374 e. The van der Waals surface area contributed by atoms with E-state index in [4.69, 9.17) is 9.47 Å². The van der Waals surface area contributed by atoms with Crippen LogP contribution in [0.1, 0.15) is 33.1 Å². The molecule has 0 spiro atoms. The van der Waals surface area contributed by atoms with Crippen LogP contribution in [-0.4, -0.2) is 29.8 Å². The molecule has 0 fully saturated rings. The van der Waals surface area contributed by atoms with Crippen molar-refractivity contribution in [1.29, 1.82) is 0 Å². The molecule has 5 heteroatoms. The third-order valence-electron chi connectivity index (χ3n) is 2.33. The Kier molecular flexibility index (Phi) is 4.34. The molecule has 1 aliphatic heterocycles. The number of carbonyl (C=O) groups excluding carboxylic acids is 2. The van der Waals surface area contributed by atoms with Gasteiger partial charge in [-0.25, -0.2) is 9.59 Å². The predicted molar refractivity (Wildman–Crippen MR) is 55.7 cm³/mol. The van der Waals surface area contributed by atoms with Crippen molar-refractivity contribution >= 4 is 11.9 Å². The lowest BCUT2D eigenvalue weighted by Gasteiger charge is -2.11. The highest BCUT2D eigenvalue weighted by atomic mass is 16.6. The average Bonchev–Trinajstić information content (AvgIpc) is 2.52. The number of hydrogen-bond donors (Lipinski definition) is 1. The number of rotatable bonds is 5. The summed E-state index contributed by atoms with van der Waals surface area (Å²) in [7, 11) is 0. The largest absolute Gasteiger partial charge is 0.501 e. The Hall–Kier alpha value is -1.52. The number of esters is 2. The summed E-state index contributed by atoms with van der Waals surface area (Å²) in [6, 6.07) is 0. The first-order chi connectivity index (χ1) is 7.61. The highest BCUT2D eigenvalue weighted by molar-refractivity contribution is 6.02. The molecular formula is C11H16O5. The quantitative estimate of drug-likeness (QED) is 0.721. The lowest BCUT2D eigenvalue weighted by atomic mass is 10.0. The molecule has 0 aromatic heterocycles. The van der Waals surface area contributed by atoms with Gasteiger partial charge in [0.25, 0.3) is 0 Å². The minimum Gasteiger partial charge on any atom is -0.501 e. The van der Waals surface area contributed by atoms with Crippen molar-refractivity contribution in [3.63, 3.8) is 0 Å². The molecule has 1 N–H and O–H groups in total. The van der Waals surface area contributed by atoms with Crippen LogP contribution in [0, 0.1) is 0 Å². The number of unbranched alkanes of at least 4 members (excludes halogenated alkanes) is 1. The van der Waals surface area contributed by atoms with Crippen molar-refractivity contribution in [3.05, 3.63) is 11.3 Å². The molecule has 0 aromatic carbocycles. The van der Waals surface area contributed by atoms with Crippen LogP contribution in [0.4, 0.5) is 0 Å². The van der Waals surface area contributed by atoms with Gasteiger partial charge in [-0.3, -0.25) is 0 Å². The van der Waals surface area contributed by atoms with Crippen molar-refractivity contribution in [2.24, 2.45) is 0 Å². The van der Waals surface area contributed by atoms with Crippen molar-refractivity contribution in [1.82, 2.24) is 0 Å². The molecule has 1 aliphatic rings. The SMILES string of the molecule is CCCC[C@H]1OC(=O)C(O)=C1C(=O)OCC. The van der Waals surface area contributed by atoms with Gasteiger partial charge >= 0.3 is 11.9 Å². The van der Waals surface area contributed by atoms with E-state index < -0.39 is 23.8 Å². The monoisotopic (exact) mass is 228 g/mol. The van der Waals surface area contributed by atoms with E-state index in [0.29, 0.717) is 6.42 Å². The Balaban J connectivity index is 2.80. The summed E-state index contributed by atoms with van der Waals surface area (Å²) < 4.78 is 9.66. The Morgan fingerprint density at radius 3 is 2.75 bits per heavy atom. The Morgan fingerprint density at radius 1 is 1.50 bits per heavy atom. The van der Waals surface area contributed by atoms with E-state index >= 15 is 0 Å². The molecule has 90 valence electrons. The smallest absolute Gasteiger partial charge is 0.374 e. The van der Waals surface area contributed by atoms with Crippen molar-refractivity contribution in [2.45, 2.75) is 39.2 Å². The number of ether oxygens (including phenoxy) is 2. The van der Waals surface area contributed by atoms with Crippen LogP contribution in [-0.2, 0) is 19.1 Å². The maximum atomic E-state index is 11.5. The molecule has 5 nitrogen and oxygen atoms in total. The topological polar surface area (TPSA) is 72.8 Å². The molecule has 16 heavy (non-hydrogen) atoms. The third-order valence-corrected chi connectivity index (χ3v) is 2.33. The second-order valence-corrected chi connectivity index (χ2v) is 3.52. The summed E-state index contributed by atoms with van der Waals surface area (Å²) in [6.07, 6.45) is 1.60. The number of aliphatic hydroxyl groups is 1. The normalized spacial score (nSPS) is 19.9. The van der Waals surface area contributed by atoms with Crippen LogP contribution in [0.2, 0.25) is 0 Å². The Labute approximate surface area is 94.0 Å². The molecule has 0 bridgehead atoms. The summed E-state index contributed by atoms with van der Waals surface area (Å²) in [4.78, 5) is 22.6. The summed E-state index contributed by atoms with van der Waals surface area (Å²) in [6.45, 7) is 3.85. The van der Waals surface area contributed by atoms with Gasteiger partial charge in [0, 0.05) is 0 Å². The van der Waals surface area contributed by atoms with Gasteiger partial charge in [0.15, 0.2) is 0 Å². The highest BCUT2D eigenvalue weighted by Crippen LogP contribution is 2.26. The molecule has 0 unspecified atom stereocenters. The second-order valence-electron chi connectivity index (χ2n) is 3.52. The van der Waals surface area contributed by atoms with Crippen LogP contribution in [0.3, 0.4) is 0 Å². The molecule has 0 aliphatic carbocycles. The van der Waals surface area contributed by atoms with Crippen LogP contribution >= 0.6 is 0 Å². The lowest BCUT2D eigenvalue weighted by Crippen LogP contribution is -2.19. The number of carbonyl (C=O) groups is 2. The summed E-state index contributed by atoms with van der Waals surface area (Å²) in [5.74, 6) is -2.13. The molecule has 0 amide bonds. The van der Waals surface area contributed by atoms with E-state index in [9.17, 15) is 14.7 Å². The van der Waals surface area contributed by atoms with Gasteiger partial charge in [-0.05, 0) is 19.8 Å². The fraction of sp³-hybridized carbons (Fsp3) is 0.636. The molecular weight excluding hydrogens is 212 g/mol.